The molecule has 0 aliphatic carbocycles. The minimum atomic E-state index is -4.96. The van der Waals surface area contributed by atoms with Gasteiger partial charge < -0.3 is 33.8 Å². The largest absolute Gasteiger partial charge is 0.472 e. The zero-order chi connectivity index (χ0) is 75.1. The Morgan fingerprint density at radius 2 is 0.500 bits per heavy atom. The average Bonchev–Trinajstić information content (AvgIpc) is 0.914. The summed E-state index contributed by atoms with van der Waals surface area (Å²) in [5.41, 5.74) is 0. The molecule has 0 radical (unpaired) electrons. The van der Waals surface area contributed by atoms with Gasteiger partial charge in [-0.15, -0.1) is 0 Å². The molecule has 3 unspecified atom stereocenters. The summed E-state index contributed by atoms with van der Waals surface area (Å²) in [4.78, 5) is 73.0. The smallest absolute Gasteiger partial charge is 0.462 e. The first-order valence-electron chi connectivity index (χ1n) is 42.9. The van der Waals surface area contributed by atoms with Crippen molar-refractivity contribution in [2.24, 2.45) is 17.8 Å². The van der Waals surface area contributed by atoms with Gasteiger partial charge in [-0.05, 0) is 43.4 Å². The summed E-state index contributed by atoms with van der Waals surface area (Å²) in [6.45, 7) is 12.0. The molecule has 0 fully saturated rings. The van der Waals surface area contributed by atoms with Gasteiger partial charge in [0.1, 0.15) is 19.3 Å². The second-order valence-electron chi connectivity index (χ2n) is 31.1. The molecule has 17 nitrogen and oxygen atoms in total. The van der Waals surface area contributed by atoms with Crippen molar-refractivity contribution in [1.29, 1.82) is 0 Å². The normalized spacial score (nSPS) is 14.2. The standard InChI is InChI=1S/C83H162O17P2/c1-8-10-11-12-13-14-15-25-33-38-43-52-59-66-83(88)100-79(71-94-81(86)65-58-51-46-45-48-55-62-75(5)6)73-98-102(91,92)96-69-77(84)68-95-101(89,90)97-72-78(70-93-80(85)64-57-50-42-37-32-28-24-20-21-26-30-35-40-47-54-61-74(3)4)99-82(87)67-60-53-44-39-34-29-23-19-17-16-18-22-27-31-36-41-49-56-63-76(7)9-2/h74-79,84H,8-73H2,1-7H3,(H,89,90)(H,91,92)/t76?,77-,78-,79-/m1/s1. The van der Waals surface area contributed by atoms with Crippen LogP contribution >= 0.6 is 15.6 Å². The highest BCUT2D eigenvalue weighted by Crippen LogP contribution is 2.45. The van der Waals surface area contributed by atoms with Crippen molar-refractivity contribution in [3.05, 3.63) is 0 Å². The lowest BCUT2D eigenvalue weighted by molar-refractivity contribution is -0.161. The molecule has 0 saturated carbocycles. The number of aliphatic hydroxyl groups is 1. The number of hydrogen-bond acceptors (Lipinski definition) is 15. The first-order chi connectivity index (χ1) is 49.3. The average molecular weight is 1490 g/mol. The van der Waals surface area contributed by atoms with Crippen LogP contribution in [0, 0.1) is 17.8 Å². The monoisotopic (exact) mass is 1490 g/mol. The summed E-state index contributed by atoms with van der Waals surface area (Å²) < 4.78 is 68.7. The van der Waals surface area contributed by atoms with E-state index in [1.165, 1.54) is 238 Å². The third kappa shape index (κ3) is 74.9. The van der Waals surface area contributed by atoms with E-state index >= 15 is 0 Å². The van der Waals surface area contributed by atoms with Gasteiger partial charge in [0.25, 0.3) is 0 Å². The third-order valence-electron chi connectivity index (χ3n) is 19.7. The van der Waals surface area contributed by atoms with Crippen molar-refractivity contribution in [3.63, 3.8) is 0 Å². The molecule has 102 heavy (non-hydrogen) atoms. The van der Waals surface area contributed by atoms with Crippen LogP contribution in [0.2, 0.25) is 0 Å². The zero-order valence-electron chi connectivity index (χ0n) is 67.1. The second-order valence-corrected chi connectivity index (χ2v) is 34.0. The molecule has 0 bridgehead atoms. The fraction of sp³-hybridized carbons (Fsp3) is 0.952. The van der Waals surface area contributed by atoms with Crippen molar-refractivity contribution in [2.45, 2.75) is 452 Å². The Hall–Kier alpha value is -1.94. The number of esters is 4. The second kappa shape index (κ2) is 73.2. The maximum atomic E-state index is 13.1. The van der Waals surface area contributed by atoms with Crippen molar-refractivity contribution >= 4 is 39.5 Å². The predicted octanol–water partition coefficient (Wildman–Crippen LogP) is 24.9. The number of hydrogen-bond donors (Lipinski definition) is 3. The molecule has 19 heteroatoms. The van der Waals surface area contributed by atoms with E-state index in [1.54, 1.807) is 0 Å². The van der Waals surface area contributed by atoms with Crippen molar-refractivity contribution in [3.8, 4) is 0 Å². The van der Waals surface area contributed by atoms with E-state index < -0.39 is 97.5 Å². The molecular weight excluding hydrogens is 1330 g/mol. The summed E-state index contributed by atoms with van der Waals surface area (Å²) in [7, 11) is -9.92. The van der Waals surface area contributed by atoms with Crippen molar-refractivity contribution in [1.82, 2.24) is 0 Å². The fourth-order valence-corrected chi connectivity index (χ4v) is 14.4. The maximum Gasteiger partial charge on any atom is 0.472 e. The lowest BCUT2D eigenvalue weighted by Crippen LogP contribution is -2.30. The molecule has 606 valence electrons. The number of unbranched alkanes of at least 4 members (excludes halogenated alkanes) is 48. The van der Waals surface area contributed by atoms with Crippen LogP contribution in [0.5, 0.6) is 0 Å². The molecule has 0 aliphatic rings. The minimum Gasteiger partial charge on any atom is -0.462 e. The topological polar surface area (TPSA) is 237 Å². The highest BCUT2D eigenvalue weighted by molar-refractivity contribution is 7.47. The van der Waals surface area contributed by atoms with Crippen molar-refractivity contribution < 1.29 is 80.2 Å². The molecule has 0 rings (SSSR count). The molecule has 0 saturated heterocycles. The van der Waals surface area contributed by atoms with Gasteiger partial charge in [-0.25, -0.2) is 9.13 Å². The molecule has 6 atom stereocenters. The van der Waals surface area contributed by atoms with Crippen LogP contribution in [0.3, 0.4) is 0 Å². The number of ether oxygens (including phenoxy) is 4. The third-order valence-corrected chi connectivity index (χ3v) is 21.6. The summed E-state index contributed by atoms with van der Waals surface area (Å²) >= 11 is 0. The van der Waals surface area contributed by atoms with E-state index in [-0.39, 0.29) is 25.7 Å². The van der Waals surface area contributed by atoms with Crippen LogP contribution in [-0.2, 0) is 65.4 Å². The Balaban J connectivity index is 5.20. The van der Waals surface area contributed by atoms with Crippen LogP contribution < -0.4 is 0 Å². The van der Waals surface area contributed by atoms with Crippen LogP contribution in [0.25, 0.3) is 0 Å². The van der Waals surface area contributed by atoms with E-state index in [0.29, 0.717) is 31.6 Å². The highest BCUT2D eigenvalue weighted by atomic mass is 31.2. The molecule has 0 aromatic rings. The Bertz CT molecular complexity index is 1980. The summed E-state index contributed by atoms with van der Waals surface area (Å²) in [6, 6.07) is 0. The quantitative estimate of drug-likeness (QED) is 0.0222. The van der Waals surface area contributed by atoms with Gasteiger partial charge in [-0.1, -0.05) is 382 Å². The van der Waals surface area contributed by atoms with E-state index in [4.69, 9.17) is 37.0 Å². The van der Waals surface area contributed by atoms with Gasteiger partial charge in [0.15, 0.2) is 12.2 Å². The van der Waals surface area contributed by atoms with E-state index in [9.17, 15) is 43.2 Å². The van der Waals surface area contributed by atoms with Crippen molar-refractivity contribution in [2.75, 3.05) is 39.6 Å². The Kier molecular flexibility index (Phi) is 71.8. The molecular formula is C83H162O17P2. The number of phosphoric acid groups is 2. The number of phosphoric ester groups is 2. The van der Waals surface area contributed by atoms with Crippen LogP contribution in [-0.4, -0.2) is 96.7 Å². The molecule has 0 aromatic carbocycles. The molecule has 0 amide bonds. The number of aliphatic hydroxyl groups excluding tert-OH is 1. The zero-order valence-corrected chi connectivity index (χ0v) is 68.9. The van der Waals surface area contributed by atoms with Gasteiger partial charge in [-0.2, -0.15) is 0 Å². The first-order valence-corrected chi connectivity index (χ1v) is 45.9. The fourth-order valence-electron chi connectivity index (χ4n) is 12.8. The number of carbonyl (C=O) groups excluding carboxylic acids is 4. The summed E-state index contributed by atoms with van der Waals surface area (Å²) in [5, 5.41) is 10.6. The lowest BCUT2D eigenvalue weighted by Gasteiger charge is -2.21. The molecule has 3 N–H and O–H groups in total. The molecule has 0 aliphatic heterocycles. The molecule has 0 aromatic heterocycles. The maximum absolute atomic E-state index is 13.1. The van der Waals surface area contributed by atoms with E-state index in [1.807, 2.05) is 0 Å². The molecule has 0 heterocycles. The molecule has 0 spiro atoms. The summed E-state index contributed by atoms with van der Waals surface area (Å²) in [5.74, 6) is 0.247. The van der Waals surface area contributed by atoms with Crippen LogP contribution in [0.15, 0.2) is 0 Å². The van der Waals surface area contributed by atoms with Gasteiger partial charge in [-0.3, -0.25) is 37.3 Å². The van der Waals surface area contributed by atoms with Gasteiger partial charge in [0, 0.05) is 25.7 Å². The van der Waals surface area contributed by atoms with Gasteiger partial charge >= 0.3 is 39.5 Å². The Labute approximate surface area is 626 Å². The summed E-state index contributed by atoms with van der Waals surface area (Å²) in [6.07, 6.45) is 62.6. The lowest BCUT2D eigenvalue weighted by atomic mass is 9.99. The van der Waals surface area contributed by atoms with Gasteiger partial charge in [0.2, 0.25) is 0 Å². The van der Waals surface area contributed by atoms with E-state index in [0.717, 1.165) is 108 Å². The number of carbonyl (C=O) groups is 4. The first kappa shape index (κ1) is 100. The Morgan fingerprint density at radius 3 is 0.745 bits per heavy atom. The predicted molar refractivity (Wildman–Crippen MR) is 418 cm³/mol. The number of rotatable bonds is 81. The van der Waals surface area contributed by atoms with E-state index in [2.05, 4.69) is 48.5 Å². The Morgan fingerprint density at radius 1 is 0.284 bits per heavy atom. The van der Waals surface area contributed by atoms with Crippen LogP contribution in [0.1, 0.15) is 434 Å². The van der Waals surface area contributed by atoms with Crippen LogP contribution in [0.4, 0.5) is 0 Å². The SMILES string of the molecule is CCCCCCCCCCCCCCCC(=O)O[C@H](COC(=O)CCCCCCCCC(C)C)COP(=O)(O)OC[C@H](O)COP(=O)(O)OC[C@@H](COC(=O)CCCCCCCCCCCCCCCCCC(C)C)OC(=O)CCCCCCCCCCCCCCCCCCCCC(C)CC. The minimum absolute atomic E-state index is 0.107. The highest BCUT2D eigenvalue weighted by Gasteiger charge is 2.30. The van der Waals surface area contributed by atoms with Gasteiger partial charge in [0.05, 0.1) is 26.4 Å².